The minimum absolute atomic E-state index is 0.142. The van der Waals surface area contributed by atoms with Gasteiger partial charge in [-0.3, -0.25) is 15.1 Å². The van der Waals surface area contributed by atoms with Crippen molar-refractivity contribution >= 4 is 29.0 Å². The predicted molar refractivity (Wildman–Crippen MR) is 45.3 cm³/mol. The van der Waals surface area contributed by atoms with Gasteiger partial charge in [-0.2, -0.15) is 5.10 Å². The van der Waals surface area contributed by atoms with E-state index in [0.717, 1.165) is 0 Å². The molecule has 2 unspecified atom stereocenters. The van der Waals surface area contributed by atoms with Gasteiger partial charge in [0, 0.05) is 7.05 Å². The number of likely N-dealkylation sites (N-methyl/N-ethyl adjacent to an activating group) is 1. The highest BCUT2D eigenvalue weighted by molar-refractivity contribution is 6.66. The number of rotatable bonds is 0. The highest BCUT2D eigenvalue weighted by Gasteiger charge is 2.38. The topological polar surface area (TPSA) is 57.1 Å². The van der Waals surface area contributed by atoms with E-state index < -0.39 is 0 Å². The second-order valence-corrected chi connectivity index (χ2v) is 3.04. The SMILES string of the molecule is CN1N=CC2N=C(Cl)NC(=O)C21. The minimum Gasteiger partial charge on any atom is -0.299 e. The lowest BCUT2D eigenvalue weighted by Gasteiger charge is -2.24. The van der Waals surface area contributed by atoms with E-state index in [1.54, 1.807) is 18.3 Å². The quantitative estimate of drug-likeness (QED) is 0.513. The monoisotopic (exact) mass is 186 g/mol. The number of carbonyl (C=O) groups excluding carboxylic acids is 1. The number of fused-ring (bicyclic) bond motifs is 1. The van der Waals surface area contributed by atoms with Gasteiger partial charge in [-0.05, 0) is 11.6 Å². The normalized spacial score (nSPS) is 33.0. The molecule has 0 fully saturated rings. The molecule has 1 amide bonds. The lowest BCUT2D eigenvalue weighted by atomic mass is 10.1. The predicted octanol–water partition coefficient (Wildman–Crippen LogP) is -0.621. The number of amidine groups is 1. The van der Waals surface area contributed by atoms with Crippen molar-refractivity contribution in [2.75, 3.05) is 7.05 Å². The Hall–Kier alpha value is -1.10. The molecule has 0 spiro atoms. The fourth-order valence-corrected chi connectivity index (χ4v) is 1.52. The molecule has 64 valence electrons. The summed E-state index contributed by atoms with van der Waals surface area (Å²) < 4.78 is 0. The van der Waals surface area contributed by atoms with Crippen LogP contribution in [-0.4, -0.2) is 41.6 Å². The van der Waals surface area contributed by atoms with Crippen molar-refractivity contribution < 1.29 is 4.79 Å². The fraction of sp³-hybridized carbons (Fsp3) is 0.500. The van der Waals surface area contributed by atoms with Gasteiger partial charge in [0.05, 0.1) is 6.21 Å². The van der Waals surface area contributed by atoms with Crippen LogP contribution in [0.1, 0.15) is 0 Å². The Balaban J connectivity index is 2.32. The molecule has 2 rings (SSSR count). The van der Waals surface area contributed by atoms with E-state index in [1.807, 2.05) is 0 Å². The molecule has 0 bridgehead atoms. The molecule has 0 saturated carbocycles. The van der Waals surface area contributed by atoms with Crippen LogP contribution in [0.25, 0.3) is 0 Å². The first-order valence-electron chi connectivity index (χ1n) is 3.49. The van der Waals surface area contributed by atoms with E-state index in [-0.39, 0.29) is 23.3 Å². The van der Waals surface area contributed by atoms with Gasteiger partial charge in [-0.15, -0.1) is 0 Å². The Morgan fingerprint density at radius 1 is 1.75 bits per heavy atom. The van der Waals surface area contributed by atoms with Crippen LogP contribution in [-0.2, 0) is 4.79 Å². The number of aliphatic imine (C=N–C) groups is 1. The third-order valence-electron chi connectivity index (χ3n) is 1.88. The summed E-state index contributed by atoms with van der Waals surface area (Å²) in [6, 6.07) is -0.552. The zero-order valence-electron chi connectivity index (χ0n) is 6.36. The second kappa shape index (κ2) is 2.45. The summed E-state index contributed by atoms with van der Waals surface area (Å²) in [5.74, 6) is -0.153. The van der Waals surface area contributed by atoms with Crippen LogP contribution in [0.5, 0.6) is 0 Å². The minimum atomic E-state index is -0.326. The average Bonchev–Trinajstić information content (AvgIpc) is 2.31. The summed E-state index contributed by atoms with van der Waals surface area (Å²) in [7, 11) is 1.73. The number of hydrogen-bond acceptors (Lipinski definition) is 4. The first kappa shape index (κ1) is 7.54. The maximum Gasteiger partial charge on any atom is 0.253 e. The van der Waals surface area contributed by atoms with Crippen LogP contribution < -0.4 is 5.32 Å². The van der Waals surface area contributed by atoms with E-state index in [4.69, 9.17) is 11.6 Å². The molecule has 0 aliphatic carbocycles. The zero-order valence-corrected chi connectivity index (χ0v) is 7.12. The standard InChI is InChI=1S/C6H7ClN4O/c1-11-4-3(2-8-11)9-6(7)10-5(4)12/h2-4H,1H3,(H,9,10,12). The van der Waals surface area contributed by atoms with Crippen molar-refractivity contribution in [2.24, 2.45) is 10.1 Å². The van der Waals surface area contributed by atoms with Crippen molar-refractivity contribution in [3.05, 3.63) is 0 Å². The molecule has 2 heterocycles. The van der Waals surface area contributed by atoms with Crippen LogP contribution in [0.2, 0.25) is 0 Å². The smallest absolute Gasteiger partial charge is 0.253 e. The molecule has 0 aromatic carbocycles. The van der Waals surface area contributed by atoms with Crippen LogP contribution in [0, 0.1) is 0 Å². The second-order valence-electron chi connectivity index (χ2n) is 2.68. The Morgan fingerprint density at radius 2 is 2.50 bits per heavy atom. The number of nitrogens with one attached hydrogen (secondary N) is 1. The third kappa shape index (κ3) is 0.972. The van der Waals surface area contributed by atoms with Gasteiger partial charge in [0.2, 0.25) is 0 Å². The molecule has 6 heteroatoms. The Kier molecular flexibility index (Phi) is 1.54. The highest BCUT2D eigenvalue weighted by Crippen LogP contribution is 2.16. The van der Waals surface area contributed by atoms with E-state index in [2.05, 4.69) is 15.4 Å². The van der Waals surface area contributed by atoms with Crippen molar-refractivity contribution in [1.82, 2.24) is 10.3 Å². The number of amides is 1. The van der Waals surface area contributed by atoms with Crippen molar-refractivity contribution in [3.8, 4) is 0 Å². The van der Waals surface area contributed by atoms with Crippen molar-refractivity contribution in [1.29, 1.82) is 0 Å². The molecular weight excluding hydrogens is 180 g/mol. The number of carbonyl (C=O) groups is 1. The van der Waals surface area contributed by atoms with Crippen LogP contribution >= 0.6 is 11.6 Å². The summed E-state index contributed by atoms with van der Waals surface area (Å²) in [6.45, 7) is 0. The summed E-state index contributed by atoms with van der Waals surface area (Å²) in [5, 5.41) is 8.10. The number of halogens is 1. The van der Waals surface area contributed by atoms with Gasteiger partial charge in [-0.25, -0.2) is 4.99 Å². The molecule has 12 heavy (non-hydrogen) atoms. The van der Waals surface area contributed by atoms with Gasteiger partial charge in [0.25, 0.3) is 5.91 Å². The van der Waals surface area contributed by atoms with E-state index >= 15 is 0 Å². The summed E-state index contributed by atoms with van der Waals surface area (Å²) in [4.78, 5) is 15.3. The van der Waals surface area contributed by atoms with E-state index in [1.165, 1.54) is 0 Å². The molecule has 2 aliphatic heterocycles. The Labute approximate surface area is 74.1 Å². The van der Waals surface area contributed by atoms with Gasteiger partial charge < -0.3 is 0 Å². The van der Waals surface area contributed by atoms with E-state index in [9.17, 15) is 4.79 Å². The molecule has 2 aliphatic rings. The van der Waals surface area contributed by atoms with Crippen molar-refractivity contribution in [2.45, 2.75) is 12.1 Å². The van der Waals surface area contributed by atoms with Crippen LogP contribution in [0.4, 0.5) is 0 Å². The molecule has 0 aromatic rings. The first-order chi connectivity index (χ1) is 5.68. The third-order valence-corrected chi connectivity index (χ3v) is 2.08. The van der Waals surface area contributed by atoms with Crippen LogP contribution in [0.3, 0.4) is 0 Å². The summed E-state index contributed by atoms with van der Waals surface area (Å²) >= 11 is 5.56. The number of nitrogens with zero attached hydrogens (tertiary/aromatic N) is 3. The lowest BCUT2D eigenvalue weighted by Crippen LogP contribution is -2.51. The maximum absolute atomic E-state index is 11.3. The fourth-order valence-electron chi connectivity index (χ4n) is 1.32. The van der Waals surface area contributed by atoms with Gasteiger partial charge >= 0.3 is 0 Å². The summed E-state index contributed by atoms with van der Waals surface area (Å²) in [6.07, 6.45) is 1.62. The molecule has 0 saturated heterocycles. The highest BCUT2D eigenvalue weighted by atomic mass is 35.5. The molecular formula is C6H7ClN4O. The van der Waals surface area contributed by atoms with E-state index in [0.29, 0.717) is 0 Å². The van der Waals surface area contributed by atoms with Gasteiger partial charge in [-0.1, -0.05) is 0 Å². The molecule has 1 N–H and O–H groups in total. The van der Waals surface area contributed by atoms with Gasteiger partial charge in [0.1, 0.15) is 6.04 Å². The Bertz CT molecular complexity index is 287. The Morgan fingerprint density at radius 3 is 3.25 bits per heavy atom. The zero-order chi connectivity index (χ0) is 8.72. The summed E-state index contributed by atoms with van der Waals surface area (Å²) in [5.41, 5.74) is 0. The molecule has 0 radical (unpaired) electrons. The first-order valence-corrected chi connectivity index (χ1v) is 3.87. The van der Waals surface area contributed by atoms with Crippen molar-refractivity contribution in [3.63, 3.8) is 0 Å². The molecule has 2 atom stereocenters. The maximum atomic E-state index is 11.3. The molecule has 0 aromatic heterocycles. The van der Waals surface area contributed by atoms with Crippen LogP contribution in [0.15, 0.2) is 10.1 Å². The lowest BCUT2D eigenvalue weighted by molar-refractivity contribution is -0.124. The largest absolute Gasteiger partial charge is 0.299 e. The average molecular weight is 187 g/mol. The number of hydrazone groups is 1. The van der Waals surface area contributed by atoms with Gasteiger partial charge in [0.15, 0.2) is 11.3 Å². The molecule has 5 nitrogen and oxygen atoms in total. The number of hydrogen-bond donors (Lipinski definition) is 1.